The summed E-state index contributed by atoms with van der Waals surface area (Å²) in [6.45, 7) is 7.02. The molecule has 0 spiro atoms. The highest BCUT2D eigenvalue weighted by Gasteiger charge is 2.37. The minimum Gasteiger partial charge on any atom is -0.479 e. The molecule has 1 aliphatic carbocycles. The van der Waals surface area contributed by atoms with Crippen LogP contribution in [-0.4, -0.2) is 68.7 Å². The largest absolute Gasteiger partial charge is 0.479 e. The standard InChI is InChI=1S/C23H32N8O5S/c1-13(2)36-19(17-11-24-14(3)10-25-17)15(4)37(32,33)30-23-29-28-20(16-8-7-9-16)31(23)18-21(34-5)26-12-27-22(18)35-6/h10-13,15-16,19H,7-9H2,1-6H3,(H,29,30)/t15-,19+/m0/s1. The van der Waals surface area contributed by atoms with Gasteiger partial charge in [0.05, 0.1) is 37.9 Å². The zero-order valence-electron chi connectivity index (χ0n) is 21.7. The highest BCUT2D eigenvalue weighted by Crippen LogP contribution is 2.40. The summed E-state index contributed by atoms with van der Waals surface area (Å²) in [5.74, 6) is 1.02. The summed E-state index contributed by atoms with van der Waals surface area (Å²) in [6.07, 6.45) is 6.12. The zero-order valence-corrected chi connectivity index (χ0v) is 22.6. The van der Waals surface area contributed by atoms with E-state index in [4.69, 9.17) is 14.2 Å². The molecule has 3 heterocycles. The molecule has 200 valence electrons. The molecular formula is C23H32N8O5S. The summed E-state index contributed by atoms with van der Waals surface area (Å²) < 4.78 is 48.5. The molecule has 3 aromatic heterocycles. The van der Waals surface area contributed by atoms with E-state index in [-0.39, 0.29) is 29.7 Å². The lowest BCUT2D eigenvalue weighted by Gasteiger charge is -2.27. The summed E-state index contributed by atoms with van der Waals surface area (Å²) in [5, 5.41) is 7.49. The van der Waals surface area contributed by atoms with Gasteiger partial charge in [-0.3, -0.25) is 19.3 Å². The van der Waals surface area contributed by atoms with Crippen molar-refractivity contribution >= 4 is 16.0 Å². The van der Waals surface area contributed by atoms with Crippen LogP contribution < -0.4 is 14.2 Å². The Bertz CT molecular complexity index is 1300. The molecule has 0 aromatic carbocycles. The minimum atomic E-state index is -4.08. The molecule has 0 radical (unpaired) electrons. The average Bonchev–Trinajstić information content (AvgIpc) is 3.22. The number of aromatic nitrogens is 7. The Morgan fingerprint density at radius 1 is 1.00 bits per heavy atom. The van der Waals surface area contributed by atoms with Crippen LogP contribution in [0.25, 0.3) is 5.69 Å². The number of rotatable bonds is 11. The summed E-state index contributed by atoms with van der Waals surface area (Å²) in [7, 11) is -1.16. The second-order valence-corrected chi connectivity index (χ2v) is 11.2. The van der Waals surface area contributed by atoms with Gasteiger partial charge in [-0.25, -0.2) is 8.42 Å². The fraction of sp³-hybridized carbons (Fsp3) is 0.565. The first kappa shape index (κ1) is 26.7. The van der Waals surface area contributed by atoms with Crippen LogP contribution in [0.1, 0.15) is 69.3 Å². The van der Waals surface area contributed by atoms with Crippen molar-refractivity contribution in [3.8, 4) is 17.4 Å². The Balaban J connectivity index is 1.77. The van der Waals surface area contributed by atoms with Gasteiger partial charge in [0.1, 0.15) is 23.5 Å². The Morgan fingerprint density at radius 2 is 1.68 bits per heavy atom. The van der Waals surface area contributed by atoms with E-state index < -0.39 is 21.4 Å². The molecule has 4 rings (SSSR count). The lowest BCUT2D eigenvalue weighted by Crippen LogP contribution is -2.34. The van der Waals surface area contributed by atoms with Crippen LogP contribution in [0.15, 0.2) is 18.7 Å². The number of ether oxygens (including phenoxy) is 3. The van der Waals surface area contributed by atoms with E-state index in [1.807, 2.05) is 13.8 Å². The number of nitrogens with zero attached hydrogens (tertiary/aromatic N) is 7. The monoisotopic (exact) mass is 532 g/mol. The number of anilines is 1. The lowest BCUT2D eigenvalue weighted by atomic mass is 9.85. The van der Waals surface area contributed by atoms with Crippen LogP contribution in [0.5, 0.6) is 11.8 Å². The third-order valence-electron chi connectivity index (χ3n) is 6.18. The van der Waals surface area contributed by atoms with Gasteiger partial charge in [-0.05, 0) is 40.5 Å². The van der Waals surface area contributed by atoms with Gasteiger partial charge in [-0.1, -0.05) is 6.42 Å². The van der Waals surface area contributed by atoms with E-state index in [0.717, 1.165) is 19.3 Å². The second kappa shape index (κ2) is 10.9. The van der Waals surface area contributed by atoms with Gasteiger partial charge >= 0.3 is 0 Å². The molecule has 3 aromatic rings. The highest BCUT2D eigenvalue weighted by atomic mass is 32.2. The SMILES string of the molecule is COc1ncnc(OC)c1-n1c(NS(=O)(=O)[C@@H](C)[C@@H](OC(C)C)c2cnc(C)cn2)nnc1C1CCC1. The van der Waals surface area contributed by atoms with Crippen molar-refractivity contribution in [2.45, 2.75) is 70.3 Å². The smallest absolute Gasteiger partial charge is 0.245 e. The van der Waals surface area contributed by atoms with Gasteiger partial charge < -0.3 is 14.2 Å². The molecule has 0 unspecified atom stereocenters. The molecule has 14 heteroatoms. The van der Waals surface area contributed by atoms with Crippen molar-refractivity contribution in [1.29, 1.82) is 0 Å². The Labute approximate surface area is 216 Å². The third-order valence-corrected chi connectivity index (χ3v) is 7.88. The lowest BCUT2D eigenvalue weighted by molar-refractivity contribution is 0.00394. The van der Waals surface area contributed by atoms with Crippen LogP contribution in [0.4, 0.5) is 5.95 Å². The van der Waals surface area contributed by atoms with Crippen molar-refractivity contribution < 1.29 is 22.6 Å². The van der Waals surface area contributed by atoms with E-state index in [0.29, 0.717) is 22.9 Å². The summed E-state index contributed by atoms with van der Waals surface area (Å²) in [4.78, 5) is 17.0. The molecule has 1 aliphatic rings. The molecule has 0 aliphatic heterocycles. The van der Waals surface area contributed by atoms with E-state index >= 15 is 0 Å². The third kappa shape index (κ3) is 5.49. The van der Waals surface area contributed by atoms with Gasteiger partial charge in [0.15, 0.2) is 5.69 Å². The van der Waals surface area contributed by atoms with Gasteiger partial charge in [-0.2, -0.15) is 9.97 Å². The first-order valence-corrected chi connectivity index (χ1v) is 13.5. The summed E-state index contributed by atoms with van der Waals surface area (Å²) in [5.41, 5.74) is 1.43. The zero-order chi connectivity index (χ0) is 26.7. The molecule has 13 nitrogen and oxygen atoms in total. The fourth-order valence-electron chi connectivity index (χ4n) is 4.00. The first-order valence-electron chi connectivity index (χ1n) is 12.0. The van der Waals surface area contributed by atoms with Gasteiger partial charge in [0.2, 0.25) is 27.7 Å². The fourth-order valence-corrected chi connectivity index (χ4v) is 5.10. The van der Waals surface area contributed by atoms with Crippen molar-refractivity contribution in [1.82, 2.24) is 34.7 Å². The molecule has 0 saturated heterocycles. The molecule has 0 amide bonds. The van der Waals surface area contributed by atoms with E-state index in [9.17, 15) is 8.42 Å². The quantitative estimate of drug-likeness (QED) is 0.387. The number of hydrogen-bond acceptors (Lipinski definition) is 11. The van der Waals surface area contributed by atoms with Crippen molar-refractivity contribution in [3.05, 3.63) is 35.9 Å². The second-order valence-electron chi connectivity index (χ2n) is 9.13. The first-order chi connectivity index (χ1) is 17.7. The van der Waals surface area contributed by atoms with E-state index in [1.165, 1.54) is 26.7 Å². The predicted octanol–water partition coefficient (Wildman–Crippen LogP) is 2.74. The van der Waals surface area contributed by atoms with Crippen molar-refractivity contribution in [2.24, 2.45) is 0 Å². The van der Waals surface area contributed by atoms with Crippen molar-refractivity contribution in [2.75, 3.05) is 18.9 Å². The molecule has 1 saturated carbocycles. The topological polar surface area (TPSA) is 156 Å². The Kier molecular flexibility index (Phi) is 7.87. The van der Waals surface area contributed by atoms with E-state index in [1.54, 1.807) is 24.6 Å². The molecular weight excluding hydrogens is 500 g/mol. The highest BCUT2D eigenvalue weighted by molar-refractivity contribution is 7.93. The molecule has 1 N–H and O–H groups in total. The molecule has 37 heavy (non-hydrogen) atoms. The van der Waals surface area contributed by atoms with Gasteiger partial charge in [0.25, 0.3) is 0 Å². The van der Waals surface area contributed by atoms with Crippen molar-refractivity contribution in [3.63, 3.8) is 0 Å². The maximum absolute atomic E-state index is 13.7. The maximum Gasteiger partial charge on any atom is 0.245 e. The number of sulfonamides is 1. The normalized spacial score (nSPS) is 15.8. The van der Waals surface area contributed by atoms with Crippen LogP contribution in [0, 0.1) is 6.92 Å². The Morgan fingerprint density at radius 3 is 2.19 bits per heavy atom. The maximum atomic E-state index is 13.7. The van der Waals surface area contributed by atoms with Crippen LogP contribution >= 0.6 is 0 Å². The molecule has 2 atom stereocenters. The van der Waals surface area contributed by atoms with Gasteiger partial charge in [-0.15, -0.1) is 10.2 Å². The number of aryl methyl sites for hydroxylation is 1. The molecule has 1 fully saturated rings. The Hall–Kier alpha value is -3.39. The summed E-state index contributed by atoms with van der Waals surface area (Å²) in [6, 6.07) is 0. The minimum absolute atomic E-state index is 0.0292. The number of hydrogen-bond donors (Lipinski definition) is 1. The van der Waals surface area contributed by atoms with E-state index in [2.05, 4.69) is 34.9 Å². The number of methoxy groups -OCH3 is 2. The van der Waals surface area contributed by atoms with Crippen LogP contribution in [-0.2, 0) is 14.8 Å². The van der Waals surface area contributed by atoms with Crippen LogP contribution in [0.3, 0.4) is 0 Å². The van der Waals surface area contributed by atoms with Crippen LogP contribution in [0.2, 0.25) is 0 Å². The molecule has 0 bridgehead atoms. The predicted molar refractivity (Wildman–Crippen MR) is 134 cm³/mol. The summed E-state index contributed by atoms with van der Waals surface area (Å²) >= 11 is 0. The average molecular weight is 533 g/mol. The number of nitrogens with one attached hydrogen (secondary N) is 1. The van der Waals surface area contributed by atoms with Gasteiger partial charge in [0, 0.05) is 12.1 Å².